The molecule has 0 saturated carbocycles. The van der Waals surface area contributed by atoms with Gasteiger partial charge in [-0.05, 0) is 12.1 Å². The van der Waals surface area contributed by atoms with Crippen molar-refractivity contribution in [2.24, 2.45) is 0 Å². The molecule has 0 spiro atoms. The summed E-state index contributed by atoms with van der Waals surface area (Å²) in [5, 5.41) is 5.07. The van der Waals surface area contributed by atoms with Crippen LogP contribution in [0.25, 0.3) is 0 Å². The van der Waals surface area contributed by atoms with E-state index in [4.69, 9.17) is 4.74 Å². The van der Waals surface area contributed by atoms with Crippen LogP contribution in [0.15, 0.2) is 24.3 Å². The van der Waals surface area contributed by atoms with Crippen molar-refractivity contribution in [2.75, 3.05) is 36.5 Å². The number of hydrazine groups is 1. The van der Waals surface area contributed by atoms with E-state index in [-0.39, 0.29) is 5.94 Å². The van der Waals surface area contributed by atoms with Gasteiger partial charge in [0.15, 0.2) is 0 Å². The van der Waals surface area contributed by atoms with Crippen LogP contribution in [-0.2, 0) is 10.0 Å². The topological polar surface area (TPSA) is 61.9 Å². The first-order chi connectivity index (χ1) is 8.68. The molecule has 7 heteroatoms. The number of benzene rings is 1. The van der Waals surface area contributed by atoms with E-state index in [2.05, 4.69) is 5.32 Å². The van der Waals surface area contributed by atoms with Crippen molar-refractivity contribution in [1.29, 1.82) is 0 Å². The third-order valence-corrected chi connectivity index (χ3v) is 4.42. The molecule has 18 heavy (non-hydrogen) atoms. The zero-order chi connectivity index (χ0) is 12.6. The second-order valence-electron chi connectivity index (χ2n) is 4.29. The number of anilines is 1. The molecule has 0 amide bonds. The van der Waals surface area contributed by atoms with E-state index in [1.807, 2.05) is 17.1 Å². The molecule has 1 N–H and O–H groups in total. The van der Waals surface area contributed by atoms with Crippen molar-refractivity contribution in [2.45, 2.75) is 0 Å². The van der Waals surface area contributed by atoms with E-state index in [9.17, 15) is 8.42 Å². The second kappa shape index (κ2) is 4.42. The van der Waals surface area contributed by atoms with Gasteiger partial charge in [-0.1, -0.05) is 12.1 Å². The Labute approximate surface area is 106 Å². The van der Waals surface area contributed by atoms with Crippen LogP contribution < -0.4 is 14.5 Å². The summed E-state index contributed by atoms with van der Waals surface area (Å²) in [7, 11) is -3.43. The first kappa shape index (κ1) is 11.8. The standard InChI is InChI=1S/C11H15N3O3S/c15-18(16)9-17-11-4-2-1-3-10(11)14(18)13-7-5-12-6-8-13/h1-4,12H,5-9H2. The van der Waals surface area contributed by atoms with Gasteiger partial charge < -0.3 is 10.1 Å². The number of nitrogens with zero attached hydrogens (tertiary/aromatic N) is 2. The van der Waals surface area contributed by atoms with Gasteiger partial charge >= 0.3 is 0 Å². The third kappa shape index (κ3) is 1.94. The van der Waals surface area contributed by atoms with Crippen molar-refractivity contribution in [3.05, 3.63) is 24.3 Å². The number of hydrogen-bond acceptors (Lipinski definition) is 5. The number of rotatable bonds is 1. The first-order valence-electron chi connectivity index (χ1n) is 5.89. The summed E-state index contributed by atoms with van der Waals surface area (Å²) in [4.78, 5) is 0. The first-order valence-corrected chi connectivity index (χ1v) is 7.50. The minimum Gasteiger partial charge on any atom is -0.473 e. The number of ether oxygens (including phenoxy) is 1. The average Bonchev–Trinajstić information content (AvgIpc) is 2.39. The Bertz CT molecular complexity index is 540. The molecule has 0 bridgehead atoms. The molecule has 2 aliphatic rings. The molecule has 0 unspecified atom stereocenters. The molecule has 98 valence electrons. The van der Waals surface area contributed by atoms with Gasteiger partial charge in [0.1, 0.15) is 11.4 Å². The fourth-order valence-electron chi connectivity index (χ4n) is 2.24. The number of para-hydroxylation sites is 2. The summed E-state index contributed by atoms with van der Waals surface area (Å²) in [6.07, 6.45) is 0. The molecule has 0 aliphatic carbocycles. The van der Waals surface area contributed by atoms with Crippen molar-refractivity contribution >= 4 is 15.7 Å². The van der Waals surface area contributed by atoms with E-state index in [0.29, 0.717) is 24.5 Å². The monoisotopic (exact) mass is 269 g/mol. The molecular formula is C11H15N3O3S. The molecule has 6 nitrogen and oxygen atoms in total. The van der Waals surface area contributed by atoms with Crippen LogP contribution in [0, 0.1) is 0 Å². The number of nitrogens with one attached hydrogen (secondary N) is 1. The Hall–Kier alpha value is -1.31. The summed E-state index contributed by atoms with van der Waals surface area (Å²) in [5.74, 6) is 0.319. The predicted molar refractivity (Wildman–Crippen MR) is 67.8 cm³/mol. The Kier molecular flexibility index (Phi) is 2.89. The lowest BCUT2D eigenvalue weighted by molar-refractivity contribution is 0.241. The van der Waals surface area contributed by atoms with Gasteiger partial charge in [-0.15, -0.1) is 0 Å². The number of fused-ring (bicyclic) bond motifs is 1. The van der Waals surface area contributed by atoms with E-state index in [1.54, 1.807) is 12.1 Å². The molecule has 1 fully saturated rings. The highest BCUT2D eigenvalue weighted by Crippen LogP contribution is 2.35. The highest BCUT2D eigenvalue weighted by Gasteiger charge is 2.35. The summed E-state index contributed by atoms with van der Waals surface area (Å²) in [6.45, 7) is 2.92. The van der Waals surface area contributed by atoms with Crippen molar-refractivity contribution < 1.29 is 13.2 Å². The van der Waals surface area contributed by atoms with Crippen LogP contribution >= 0.6 is 0 Å². The molecule has 2 heterocycles. The maximum absolute atomic E-state index is 12.2. The highest BCUT2D eigenvalue weighted by atomic mass is 32.2. The number of sulfonamides is 1. The summed E-state index contributed by atoms with van der Waals surface area (Å²) >= 11 is 0. The van der Waals surface area contributed by atoms with E-state index in [1.165, 1.54) is 4.41 Å². The van der Waals surface area contributed by atoms with E-state index in [0.717, 1.165) is 13.1 Å². The number of piperazine rings is 1. The van der Waals surface area contributed by atoms with Crippen LogP contribution in [0.4, 0.5) is 5.69 Å². The van der Waals surface area contributed by atoms with Crippen molar-refractivity contribution in [3.8, 4) is 5.75 Å². The highest BCUT2D eigenvalue weighted by molar-refractivity contribution is 7.92. The zero-order valence-corrected chi connectivity index (χ0v) is 10.7. The quantitative estimate of drug-likeness (QED) is 0.777. The van der Waals surface area contributed by atoms with Gasteiger partial charge in [0.05, 0.1) is 0 Å². The lowest BCUT2D eigenvalue weighted by Crippen LogP contribution is -2.56. The molecule has 0 atom stereocenters. The van der Waals surface area contributed by atoms with Gasteiger partial charge in [-0.25, -0.2) is 13.4 Å². The molecule has 0 radical (unpaired) electrons. The molecule has 3 rings (SSSR count). The fourth-order valence-corrected chi connectivity index (χ4v) is 3.58. The fraction of sp³-hybridized carbons (Fsp3) is 0.455. The second-order valence-corrected chi connectivity index (χ2v) is 6.03. The smallest absolute Gasteiger partial charge is 0.284 e. The Morgan fingerprint density at radius 2 is 1.89 bits per heavy atom. The lowest BCUT2D eigenvalue weighted by Gasteiger charge is -2.40. The molecule has 1 aromatic rings. The molecule has 1 saturated heterocycles. The average molecular weight is 269 g/mol. The van der Waals surface area contributed by atoms with E-state index < -0.39 is 10.0 Å². The van der Waals surface area contributed by atoms with Crippen LogP contribution in [-0.4, -0.2) is 45.5 Å². The van der Waals surface area contributed by atoms with Crippen molar-refractivity contribution in [3.63, 3.8) is 0 Å². The summed E-state index contributed by atoms with van der Waals surface area (Å²) < 4.78 is 31.0. The molecule has 0 aromatic heterocycles. The van der Waals surface area contributed by atoms with Gasteiger partial charge in [-0.2, -0.15) is 4.41 Å². The molecular weight excluding hydrogens is 254 g/mol. The SMILES string of the molecule is O=S1(=O)COc2ccccc2N1N1CCNCC1. The van der Waals surface area contributed by atoms with Gasteiger partial charge in [0, 0.05) is 26.2 Å². The van der Waals surface area contributed by atoms with Gasteiger partial charge in [0.25, 0.3) is 10.0 Å². The van der Waals surface area contributed by atoms with Crippen LogP contribution in [0.1, 0.15) is 0 Å². The van der Waals surface area contributed by atoms with Crippen molar-refractivity contribution in [1.82, 2.24) is 10.3 Å². The third-order valence-electron chi connectivity index (χ3n) is 3.05. The minimum atomic E-state index is -3.43. The van der Waals surface area contributed by atoms with Gasteiger partial charge in [-0.3, -0.25) is 0 Å². The number of hydrogen-bond donors (Lipinski definition) is 1. The maximum atomic E-state index is 12.2. The lowest BCUT2D eigenvalue weighted by atomic mass is 10.3. The van der Waals surface area contributed by atoms with Crippen LogP contribution in [0.3, 0.4) is 0 Å². The maximum Gasteiger partial charge on any atom is 0.284 e. The molecule has 2 aliphatic heterocycles. The Morgan fingerprint density at radius 3 is 2.67 bits per heavy atom. The summed E-state index contributed by atoms with van der Waals surface area (Å²) in [5.41, 5.74) is 0.602. The minimum absolute atomic E-state index is 0.298. The zero-order valence-electron chi connectivity index (χ0n) is 9.87. The van der Waals surface area contributed by atoms with Crippen LogP contribution in [0.2, 0.25) is 0 Å². The van der Waals surface area contributed by atoms with Crippen LogP contribution in [0.5, 0.6) is 5.75 Å². The van der Waals surface area contributed by atoms with E-state index >= 15 is 0 Å². The predicted octanol–water partition coefficient (Wildman–Crippen LogP) is -0.00710. The Balaban J connectivity index is 2.03. The normalized spacial score (nSPS) is 23.2. The molecule has 1 aromatic carbocycles. The summed E-state index contributed by atoms with van der Waals surface area (Å²) in [6, 6.07) is 7.22. The largest absolute Gasteiger partial charge is 0.473 e. The Morgan fingerprint density at radius 1 is 1.17 bits per heavy atom. The van der Waals surface area contributed by atoms with Gasteiger partial charge in [0.2, 0.25) is 5.94 Å².